The molecule has 0 atom stereocenters. The summed E-state index contributed by atoms with van der Waals surface area (Å²) in [5.74, 6) is 0.915. The van der Waals surface area contributed by atoms with Crippen molar-refractivity contribution in [3.8, 4) is 28.0 Å². The zero-order chi connectivity index (χ0) is 36.9. The highest BCUT2D eigenvalue weighted by atomic mass is 35.5. The molecule has 0 fully saturated rings. The number of halogens is 5. The number of fused-ring (bicyclic) bond motifs is 2. The fraction of sp³-hybridized carbons (Fsp3) is 0.0732. The number of ether oxygens (including phenoxy) is 1. The Bertz CT molecular complexity index is 2510. The van der Waals surface area contributed by atoms with Crippen LogP contribution in [0.1, 0.15) is 11.1 Å². The predicted molar refractivity (Wildman–Crippen MR) is 212 cm³/mol. The van der Waals surface area contributed by atoms with Gasteiger partial charge in [-0.25, -0.2) is 8.78 Å². The van der Waals surface area contributed by atoms with Crippen LogP contribution in [0.5, 0.6) is 5.75 Å². The topological polar surface area (TPSA) is 90.7 Å². The Balaban J connectivity index is 0.000000164. The van der Waals surface area contributed by atoms with Crippen molar-refractivity contribution in [1.29, 1.82) is 0 Å². The summed E-state index contributed by atoms with van der Waals surface area (Å²) in [6.07, 6.45) is 0. The summed E-state index contributed by atoms with van der Waals surface area (Å²) in [6.45, 7) is 1.07. The number of hydrogen-bond acceptors (Lipinski definition) is 5. The van der Waals surface area contributed by atoms with Crippen molar-refractivity contribution in [3.05, 3.63) is 159 Å². The van der Waals surface area contributed by atoms with Crippen LogP contribution in [0.3, 0.4) is 0 Å². The van der Waals surface area contributed by atoms with Gasteiger partial charge in [0.05, 0.1) is 17.2 Å². The second-order valence-corrected chi connectivity index (χ2v) is 13.2. The van der Waals surface area contributed by atoms with Crippen LogP contribution in [-0.4, -0.2) is 27.5 Å². The zero-order valence-corrected chi connectivity index (χ0v) is 30.4. The van der Waals surface area contributed by atoms with E-state index in [0.717, 1.165) is 28.0 Å². The molecule has 7 nitrogen and oxygen atoms in total. The number of H-pyrrole nitrogens is 2. The molecule has 4 N–H and O–H groups in total. The molecule has 2 aromatic heterocycles. The average molecular weight is 768 g/mol. The van der Waals surface area contributed by atoms with Gasteiger partial charge in [0, 0.05) is 40.0 Å². The Kier molecular flexibility index (Phi) is 10.8. The van der Waals surface area contributed by atoms with Crippen LogP contribution in [0.2, 0.25) is 15.1 Å². The minimum atomic E-state index is -0.505. The number of anilines is 2. The van der Waals surface area contributed by atoms with E-state index >= 15 is 0 Å². The van der Waals surface area contributed by atoms with Gasteiger partial charge in [-0.05, 0) is 58.7 Å². The summed E-state index contributed by atoms with van der Waals surface area (Å²) in [7, 11) is 1.63. The standard InChI is InChI=1S/C21H17ClFN3O.C20H14Cl2FN3/c1-27-15-9-5-6-13(10-15)12-24-21-17-11-16(14-7-3-2-4-8-14)18(22)19(23)20(17)25-26-21;21-14-8-6-12(7-9-14)11-24-20-16-10-15(13-4-2-1-3-5-13)17(22)18(23)19(16)25-26-20/h2-11H,12H2,1H3,(H2,24,25,26);1-10H,11H2,(H2,24,25,26). The molecular weight excluding hydrogens is 737 g/mol. The van der Waals surface area contributed by atoms with Gasteiger partial charge in [-0.3, -0.25) is 10.2 Å². The summed E-state index contributed by atoms with van der Waals surface area (Å²) in [5, 5.41) is 22.5. The molecular formula is C41H31Cl3F2N6O. The van der Waals surface area contributed by atoms with Crippen LogP contribution >= 0.6 is 34.8 Å². The maximum absolute atomic E-state index is 14.8. The van der Waals surface area contributed by atoms with Crippen molar-refractivity contribution in [2.45, 2.75) is 13.1 Å². The minimum absolute atomic E-state index is 0.0802. The van der Waals surface area contributed by atoms with Crippen molar-refractivity contribution in [2.24, 2.45) is 0 Å². The van der Waals surface area contributed by atoms with E-state index in [-0.39, 0.29) is 21.1 Å². The van der Waals surface area contributed by atoms with Gasteiger partial charge in [0.2, 0.25) is 0 Å². The number of aromatic amines is 2. The second kappa shape index (κ2) is 16.0. The molecule has 0 aliphatic heterocycles. The molecule has 0 amide bonds. The smallest absolute Gasteiger partial charge is 0.168 e. The van der Waals surface area contributed by atoms with Crippen molar-refractivity contribution < 1.29 is 13.5 Å². The van der Waals surface area contributed by atoms with Gasteiger partial charge >= 0.3 is 0 Å². The van der Waals surface area contributed by atoms with Gasteiger partial charge in [-0.2, -0.15) is 10.2 Å². The zero-order valence-electron chi connectivity index (χ0n) is 28.2. The van der Waals surface area contributed by atoms with E-state index in [1.165, 1.54) is 0 Å². The lowest BCUT2D eigenvalue weighted by molar-refractivity contribution is 0.414. The molecule has 8 rings (SSSR count). The summed E-state index contributed by atoms with van der Waals surface area (Å²) >= 11 is 18.4. The number of benzene rings is 6. The third-order valence-corrected chi connectivity index (χ3v) is 9.61. The van der Waals surface area contributed by atoms with Crippen LogP contribution in [0, 0.1) is 11.6 Å². The third kappa shape index (κ3) is 7.78. The molecule has 12 heteroatoms. The molecule has 0 saturated heterocycles. The van der Waals surface area contributed by atoms with Gasteiger partial charge in [-0.1, -0.05) is 120 Å². The van der Waals surface area contributed by atoms with Crippen molar-refractivity contribution in [2.75, 3.05) is 17.7 Å². The maximum atomic E-state index is 14.8. The Morgan fingerprint density at radius 2 is 1.08 bits per heavy atom. The van der Waals surface area contributed by atoms with Crippen LogP contribution in [0.15, 0.2) is 121 Å². The highest BCUT2D eigenvalue weighted by Crippen LogP contribution is 2.38. The maximum Gasteiger partial charge on any atom is 0.168 e. The van der Waals surface area contributed by atoms with E-state index in [0.29, 0.717) is 51.6 Å². The van der Waals surface area contributed by atoms with Crippen LogP contribution in [0.4, 0.5) is 20.4 Å². The first-order valence-corrected chi connectivity index (χ1v) is 17.6. The van der Waals surface area contributed by atoms with E-state index in [1.54, 1.807) is 7.11 Å². The molecule has 266 valence electrons. The van der Waals surface area contributed by atoms with Gasteiger partial charge in [0.15, 0.2) is 23.3 Å². The fourth-order valence-electron chi connectivity index (χ4n) is 5.87. The Morgan fingerprint density at radius 3 is 1.57 bits per heavy atom. The van der Waals surface area contributed by atoms with E-state index in [4.69, 9.17) is 39.5 Å². The summed E-state index contributed by atoms with van der Waals surface area (Å²) in [6, 6.07) is 37.9. The molecule has 0 aliphatic carbocycles. The van der Waals surface area contributed by atoms with Gasteiger partial charge in [0.1, 0.15) is 16.8 Å². The minimum Gasteiger partial charge on any atom is -0.497 e. The van der Waals surface area contributed by atoms with E-state index in [9.17, 15) is 8.78 Å². The quantitative estimate of drug-likeness (QED) is 0.117. The predicted octanol–water partition coefficient (Wildman–Crippen LogP) is 11.9. The Hall–Kier alpha value is -5.61. The first-order valence-electron chi connectivity index (χ1n) is 16.5. The van der Waals surface area contributed by atoms with E-state index < -0.39 is 11.6 Å². The number of methoxy groups -OCH3 is 1. The molecule has 0 radical (unpaired) electrons. The number of aromatic nitrogens is 4. The largest absolute Gasteiger partial charge is 0.497 e. The molecule has 6 aromatic carbocycles. The Morgan fingerprint density at radius 1 is 0.585 bits per heavy atom. The molecule has 53 heavy (non-hydrogen) atoms. The molecule has 2 heterocycles. The number of rotatable bonds is 9. The first kappa shape index (κ1) is 35.8. The lowest BCUT2D eigenvalue weighted by atomic mass is 10.0. The Labute approximate surface area is 318 Å². The van der Waals surface area contributed by atoms with E-state index in [2.05, 4.69) is 31.0 Å². The number of hydrogen-bond donors (Lipinski definition) is 4. The highest BCUT2D eigenvalue weighted by molar-refractivity contribution is 6.35. The first-order chi connectivity index (χ1) is 25.8. The van der Waals surface area contributed by atoms with E-state index in [1.807, 2.05) is 121 Å². The normalized spacial score (nSPS) is 11.0. The monoisotopic (exact) mass is 766 g/mol. The van der Waals surface area contributed by atoms with Crippen molar-refractivity contribution in [1.82, 2.24) is 20.4 Å². The SMILES string of the molecule is COc1cccc(CNc2n[nH]c3c(F)c(Cl)c(-c4ccccc4)cc23)c1.Fc1c(Cl)c(-c2ccccc2)cc2c(NCc3ccc(Cl)cc3)n[nH]c12. The van der Waals surface area contributed by atoms with Gasteiger partial charge < -0.3 is 15.4 Å². The van der Waals surface area contributed by atoms with Crippen molar-refractivity contribution >= 4 is 68.2 Å². The highest BCUT2D eigenvalue weighted by Gasteiger charge is 2.19. The fourth-order valence-corrected chi connectivity index (χ4v) is 6.51. The van der Waals surface area contributed by atoms with Crippen LogP contribution < -0.4 is 15.4 Å². The lowest BCUT2D eigenvalue weighted by Gasteiger charge is -2.09. The average Bonchev–Trinajstić information content (AvgIpc) is 3.81. The van der Waals surface area contributed by atoms with Crippen molar-refractivity contribution in [3.63, 3.8) is 0 Å². The lowest BCUT2D eigenvalue weighted by Crippen LogP contribution is -2.00. The number of nitrogens with zero attached hydrogens (tertiary/aromatic N) is 2. The third-order valence-electron chi connectivity index (χ3n) is 8.62. The summed E-state index contributed by atoms with van der Waals surface area (Å²) in [4.78, 5) is 0. The number of nitrogens with one attached hydrogen (secondary N) is 4. The van der Waals surface area contributed by atoms with Crippen LogP contribution in [-0.2, 0) is 13.1 Å². The molecule has 0 bridgehead atoms. The molecule has 0 spiro atoms. The van der Waals surface area contributed by atoms with Gasteiger partial charge in [0.25, 0.3) is 0 Å². The van der Waals surface area contributed by atoms with Gasteiger partial charge in [-0.15, -0.1) is 0 Å². The van der Waals surface area contributed by atoms with Crippen LogP contribution in [0.25, 0.3) is 44.1 Å². The molecule has 0 unspecified atom stereocenters. The molecule has 8 aromatic rings. The summed E-state index contributed by atoms with van der Waals surface area (Å²) in [5.41, 5.74) is 5.61. The molecule has 0 saturated carbocycles. The molecule has 0 aliphatic rings. The summed E-state index contributed by atoms with van der Waals surface area (Å²) < 4.78 is 34.7. The second-order valence-electron chi connectivity index (χ2n) is 12.0.